The molecule has 1 aromatic carbocycles. The molecule has 5 heteroatoms. The highest BCUT2D eigenvalue weighted by Gasteiger charge is 2.08. The third-order valence-corrected chi connectivity index (χ3v) is 2.55. The van der Waals surface area contributed by atoms with Gasteiger partial charge >= 0.3 is 0 Å². The number of hydrogen-bond acceptors (Lipinski definition) is 3. The zero-order valence-corrected chi connectivity index (χ0v) is 9.34. The average Bonchev–Trinajstić information content (AvgIpc) is 2.93. The molecule has 0 spiro atoms. The molecule has 0 saturated heterocycles. The van der Waals surface area contributed by atoms with Gasteiger partial charge in [0.2, 0.25) is 0 Å². The van der Waals surface area contributed by atoms with E-state index < -0.39 is 0 Å². The third kappa shape index (κ3) is 1.86. The van der Waals surface area contributed by atoms with Crippen LogP contribution in [0.2, 0.25) is 0 Å². The minimum Gasteiger partial charge on any atom is -0.276 e. The van der Waals surface area contributed by atoms with Gasteiger partial charge in [-0.25, -0.2) is 14.4 Å². The minimum absolute atomic E-state index is 0.334. The molecule has 0 aliphatic carbocycles. The smallest absolute Gasteiger partial charge is 0.162 e. The van der Waals surface area contributed by atoms with Crippen LogP contribution in [-0.4, -0.2) is 20.2 Å². The highest BCUT2D eigenvalue weighted by Crippen LogP contribution is 2.21. The lowest BCUT2D eigenvalue weighted by molar-refractivity contribution is 0.630. The van der Waals surface area contributed by atoms with E-state index in [1.54, 1.807) is 42.7 Å². The van der Waals surface area contributed by atoms with Crippen LogP contribution in [0.25, 0.3) is 22.8 Å². The average molecular weight is 240 g/mol. The maximum atomic E-state index is 13.6. The van der Waals surface area contributed by atoms with Crippen molar-refractivity contribution in [2.75, 3.05) is 0 Å². The number of halogens is 1. The first-order chi connectivity index (χ1) is 8.84. The largest absolute Gasteiger partial charge is 0.276 e. The number of aromatic amines is 1. The number of H-pyrrole nitrogens is 1. The van der Waals surface area contributed by atoms with Gasteiger partial charge in [-0.05, 0) is 24.3 Å². The molecular formula is C13H9FN4. The van der Waals surface area contributed by atoms with Gasteiger partial charge in [-0.15, -0.1) is 0 Å². The van der Waals surface area contributed by atoms with Gasteiger partial charge in [0.05, 0.1) is 17.0 Å². The van der Waals surface area contributed by atoms with Crippen LogP contribution in [0, 0.1) is 5.82 Å². The predicted octanol–water partition coefficient (Wildman–Crippen LogP) is 2.67. The molecule has 0 fully saturated rings. The minimum atomic E-state index is -0.334. The molecule has 88 valence electrons. The first kappa shape index (κ1) is 10.6. The van der Waals surface area contributed by atoms with E-state index in [-0.39, 0.29) is 5.82 Å². The molecular weight excluding hydrogens is 231 g/mol. The summed E-state index contributed by atoms with van der Waals surface area (Å²) in [5.41, 5.74) is 1.84. The topological polar surface area (TPSA) is 54.5 Å². The van der Waals surface area contributed by atoms with Gasteiger partial charge in [0.25, 0.3) is 0 Å². The van der Waals surface area contributed by atoms with Crippen molar-refractivity contribution < 1.29 is 4.39 Å². The van der Waals surface area contributed by atoms with Crippen molar-refractivity contribution in [2.45, 2.75) is 0 Å². The molecule has 0 unspecified atom stereocenters. The number of aromatic nitrogens is 4. The highest BCUT2D eigenvalue weighted by atomic mass is 19.1. The van der Waals surface area contributed by atoms with E-state index in [0.29, 0.717) is 17.1 Å². The monoisotopic (exact) mass is 240 g/mol. The Morgan fingerprint density at radius 3 is 2.67 bits per heavy atom. The normalized spacial score (nSPS) is 10.5. The van der Waals surface area contributed by atoms with Crippen molar-refractivity contribution in [3.63, 3.8) is 0 Å². The Balaban J connectivity index is 2.10. The molecule has 3 aromatic rings. The summed E-state index contributed by atoms with van der Waals surface area (Å²) in [5.74, 6) is 0.0273. The second-order valence-corrected chi connectivity index (χ2v) is 3.72. The lowest BCUT2D eigenvalue weighted by Crippen LogP contribution is -1.93. The summed E-state index contributed by atoms with van der Waals surface area (Å²) in [6.07, 6.45) is 3.24. The summed E-state index contributed by atoms with van der Waals surface area (Å²) in [4.78, 5) is 8.42. The molecule has 2 aromatic heterocycles. The number of benzene rings is 1. The molecule has 3 rings (SSSR count). The van der Waals surface area contributed by atoms with Crippen LogP contribution in [0.1, 0.15) is 0 Å². The number of nitrogens with one attached hydrogen (secondary N) is 1. The molecule has 18 heavy (non-hydrogen) atoms. The Bertz CT molecular complexity index is 664. The van der Waals surface area contributed by atoms with E-state index >= 15 is 0 Å². The van der Waals surface area contributed by atoms with Crippen LogP contribution < -0.4 is 0 Å². The van der Waals surface area contributed by atoms with Crippen molar-refractivity contribution in [1.29, 1.82) is 0 Å². The highest BCUT2D eigenvalue weighted by molar-refractivity contribution is 5.60. The van der Waals surface area contributed by atoms with Gasteiger partial charge in [-0.2, -0.15) is 5.10 Å². The third-order valence-electron chi connectivity index (χ3n) is 2.55. The Labute approximate surface area is 103 Å². The maximum absolute atomic E-state index is 13.6. The van der Waals surface area contributed by atoms with Gasteiger partial charge in [-0.1, -0.05) is 12.1 Å². The molecule has 1 N–H and O–H groups in total. The summed E-state index contributed by atoms with van der Waals surface area (Å²) in [6, 6.07) is 9.98. The SMILES string of the molecule is Fc1ccccc1-c1nccc(-c2ccn[nH]2)n1. The summed E-state index contributed by atoms with van der Waals surface area (Å²) in [5, 5.41) is 6.67. The van der Waals surface area contributed by atoms with Gasteiger partial charge < -0.3 is 0 Å². The predicted molar refractivity (Wildman–Crippen MR) is 65.0 cm³/mol. The second-order valence-electron chi connectivity index (χ2n) is 3.72. The van der Waals surface area contributed by atoms with Gasteiger partial charge in [0.1, 0.15) is 5.82 Å². The second kappa shape index (κ2) is 4.37. The summed E-state index contributed by atoms with van der Waals surface area (Å²) in [7, 11) is 0. The molecule has 4 nitrogen and oxygen atoms in total. The van der Waals surface area contributed by atoms with Gasteiger partial charge in [0, 0.05) is 12.4 Å². The standard InChI is InChI=1S/C13H9FN4/c14-10-4-2-1-3-9(10)13-15-7-5-11(17-13)12-6-8-16-18-12/h1-8H,(H,16,18). The maximum Gasteiger partial charge on any atom is 0.162 e. The van der Waals surface area contributed by atoms with Crippen LogP contribution >= 0.6 is 0 Å². The number of rotatable bonds is 2. The molecule has 0 radical (unpaired) electrons. The zero-order chi connectivity index (χ0) is 12.4. The molecule has 0 bridgehead atoms. The molecule has 0 aliphatic rings. The first-order valence-corrected chi connectivity index (χ1v) is 5.42. The lowest BCUT2D eigenvalue weighted by atomic mass is 10.2. The van der Waals surface area contributed by atoms with E-state index in [9.17, 15) is 4.39 Å². The number of nitrogens with zero attached hydrogens (tertiary/aromatic N) is 3. The van der Waals surface area contributed by atoms with Gasteiger partial charge in [-0.3, -0.25) is 5.10 Å². The Hall–Kier alpha value is -2.56. The van der Waals surface area contributed by atoms with Crippen LogP contribution in [0.3, 0.4) is 0 Å². The van der Waals surface area contributed by atoms with E-state index in [1.165, 1.54) is 6.07 Å². The van der Waals surface area contributed by atoms with Crippen molar-refractivity contribution >= 4 is 0 Å². The summed E-state index contributed by atoms with van der Waals surface area (Å²) in [6.45, 7) is 0. The fraction of sp³-hybridized carbons (Fsp3) is 0. The molecule has 0 amide bonds. The Kier molecular flexibility index (Phi) is 2.57. The molecule has 0 aliphatic heterocycles. The molecule has 2 heterocycles. The summed E-state index contributed by atoms with van der Waals surface area (Å²) < 4.78 is 13.6. The van der Waals surface area contributed by atoms with Crippen molar-refractivity contribution in [2.24, 2.45) is 0 Å². The zero-order valence-electron chi connectivity index (χ0n) is 9.34. The van der Waals surface area contributed by atoms with Crippen molar-refractivity contribution in [1.82, 2.24) is 20.2 Å². The molecule has 0 atom stereocenters. The van der Waals surface area contributed by atoms with E-state index in [1.807, 2.05) is 0 Å². The van der Waals surface area contributed by atoms with Crippen LogP contribution in [-0.2, 0) is 0 Å². The first-order valence-electron chi connectivity index (χ1n) is 5.42. The number of hydrogen-bond donors (Lipinski definition) is 1. The van der Waals surface area contributed by atoms with E-state index in [4.69, 9.17) is 0 Å². The van der Waals surface area contributed by atoms with Crippen molar-refractivity contribution in [3.05, 3.63) is 54.6 Å². The fourth-order valence-corrected chi connectivity index (χ4v) is 1.68. The van der Waals surface area contributed by atoms with Crippen LogP contribution in [0.15, 0.2) is 48.8 Å². The fourth-order valence-electron chi connectivity index (χ4n) is 1.68. The Morgan fingerprint density at radius 2 is 1.89 bits per heavy atom. The van der Waals surface area contributed by atoms with E-state index in [0.717, 1.165) is 5.69 Å². The lowest BCUT2D eigenvalue weighted by Gasteiger charge is -2.03. The van der Waals surface area contributed by atoms with Crippen molar-refractivity contribution in [3.8, 4) is 22.8 Å². The summed E-state index contributed by atoms with van der Waals surface area (Å²) >= 11 is 0. The quantitative estimate of drug-likeness (QED) is 0.749. The van der Waals surface area contributed by atoms with Gasteiger partial charge in [0.15, 0.2) is 5.82 Å². The van der Waals surface area contributed by atoms with Crippen LogP contribution in [0.5, 0.6) is 0 Å². The molecule has 0 saturated carbocycles. The van der Waals surface area contributed by atoms with E-state index in [2.05, 4.69) is 20.2 Å². The Morgan fingerprint density at radius 1 is 1.00 bits per heavy atom. The van der Waals surface area contributed by atoms with Crippen LogP contribution in [0.4, 0.5) is 4.39 Å².